The summed E-state index contributed by atoms with van der Waals surface area (Å²) >= 11 is 5.94. The van der Waals surface area contributed by atoms with Crippen LogP contribution >= 0.6 is 11.6 Å². The number of hydrogen-bond acceptors (Lipinski definition) is 4. The van der Waals surface area contributed by atoms with E-state index >= 15 is 0 Å². The fourth-order valence-electron chi connectivity index (χ4n) is 3.49. The van der Waals surface area contributed by atoms with Crippen molar-refractivity contribution in [1.82, 2.24) is 14.9 Å². The fourth-order valence-corrected chi connectivity index (χ4v) is 5.19. The first-order valence-electron chi connectivity index (χ1n) is 10.1. The number of amides is 2. The first kappa shape index (κ1) is 23.2. The van der Waals surface area contributed by atoms with Crippen LogP contribution in [-0.2, 0) is 26.2 Å². The molecule has 0 saturated carbocycles. The fraction of sp³-hybridized carbons (Fsp3) is 0.364. The average molecular weight is 464 g/mol. The molecular formula is C22H26ClN3O4S. The average Bonchev–Trinajstić information content (AvgIpc) is 2.78. The molecule has 3 rings (SSSR count). The maximum atomic E-state index is 12.7. The number of carbonyl (C=O) groups is 2. The predicted molar refractivity (Wildman–Crippen MR) is 119 cm³/mol. The molecule has 2 amide bonds. The Hall–Kier alpha value is -2.42. The van der Waals surface area contributed by atoms with Gasteiger partial charge in [0.1, 0.15) is 6.04 Å². The molecule has 1 aliphatic rings. The van der Waals surface area contributed by atoms with Gasteiger partial charge in [-0.15, -0.1) is 0 Å². The van der Waals surface area contributed by atoms with Crippen LogP contribution in [0.15, 0.2) is 59.5 Å². The monoisotopic (exact) mass is 463 g/mol. The molecule has 0 aromatic heterocycles. The van der Waals surface area contributed by atoms with Crippen LogP contribution in [-0.4, -0.2) is 43.7 Å². The van der Waals surface area contributed by atoms with Crippen molar-refractivity contribution in [3.05, 3.63) is 65.2 Å². The zero-order valence-corrected chi connectivity index (χ0v) is 18.8. The number of carbonyl (C=O) groups excluding carboxylic acids is 2. The smallest absolute Gasteiger partial charge is 0.243 e. The third kappa shape index (κ3) is 6.06. The standard InChI is InChI=1S/C22H26ClN3O4S/c1-16(21(27)24-15-17-6-5-7-19(23)14-17)25-22(28)18-10-12-26(13-11-18)31(29,30)20-8-3-2-4-9-20/h2-9,14,16,18H,10-13,15H2,1H3,(H,24,27)(H,25,28)/t16-/m1/s1. The van der Waals surface area contributed by atoms with Gasteiger partial charge in [0.25, 0.3) is 0 Å². The third-order valence-corrected chi connectivity index (χ3v) is 7.46. The van der Waals surface area contributed by atoms with Crippen LogP contribution in [0.2, 0.25) is 5.02 Å². The van der Waals surface area contributed by atoms with Crippen LogP contribution in [0.5, 0.6) is 0 Å². The van der Waals surface area contributed by atoms with Gasteiger partial charge in [0.2, 0.25) is 21.8 Å². The highest BCUT2D eigenvalue weighted by Crippen LogP contribution is 2.24. The lowest BCUT2D eigenvalue weighted by atomic mass is 9.97. The van der Waals surface area contributed by atoms with Gasteiger partial charge in [-0.2, -0.15) is 4.31 Å². The molecule has 31 heavy (non-hydrogen) atoms. The second-order valence-corrected chi connectivity index (χ2v) is 9.94. The molecule has 7 nitrogen and oxygen atoms in total. The minimum absolute atomic E-state index is 0.234. The summed E-state index contributed by atoms with van der Waals surface area (Å²) in [7, 11) is -3.56. The summed E-state index contributed by atoms with van der Waals surface area (Å²) in [5, 5.41) is 6.11. The van der Waals surface area contributed by atoms with Crippen LogP contribution < -0.4 is 10.6 Å². The number of nitrogens with zero attached hydrogens (tertiary/aromatic N) is 1. The SMILES string of the molecule is C[C@@H](NC(=O)C1CCN(S(=O)(=O)c2ccccc2)CC1)C(=O)NCc1cccc(Cl)c1. The first-order valence-corrected chi connectivity index (χ1v) is 12.0. The number of rotatable bonds is 7. The number of piperidine rings is 1. The van der Waals surface area contributed by atoms with Crippen LogP contribution in [0.4, 0.5) is 0 Å². The maximum absolute atomic E-state index is 12.7. The normalized spacial score (nSPS) is 16.5. The van der Waals surface area contributed by atoms with E-state index in [4.69, 9.17) is 11.6 Å². The van der Waals surface area contributed by atoms with Gasteiger partial charge in [-0.25, -0.2) is 8.42 Å². The second-order valence-electron chi connectivity index (χ2n) is 7.57. The Balaban J connectivity index is 1.47. The molecule has 0 bridgehead atoms. The molecule has 0 aliphatic carbocycles. The molecule has 2 aromatic rings. The van der Waals surface area contributed by atoms with E-state index in [1.54, 1.807) is 55.5 Å². The summed E-state index contributed by atoms with van der Waals surface area (Å²) in [4.78, 5) is 25.1. The Labute approximate surface area is 187 Å². The first-order chi connectivity index (χ1) is 14.8. The Kier molecular flexibility index (Phi) is 7.69. The van der Waals surface area contributed by atoms with E-state index in [1.165, 1.54) is 4.31 Å². The van der Waals surface area contributed by atoms with Gasteiger partial charge in [-0.3, -0.25) is 9.59 Å². The van der Waals surface area contributed by atoms with Crippen LogP contribution in [0, 0.1) is 5.92 Å². The molecule has 1 atom stereocenters. The molecule has 1 heterocycles. The Bertz CT molecular complexity index is 1020. The highest BCUT2D eigenvalue weighted by molar-refractivity contribution is 7.89. The van der Waals surface area contributed by atoms with Crippen molar-refractivity contribution in [2.75, 3.05) is 13.1 Å². The van der Waals surface area contributed by atoms with Crippen LogP contribution in [0.25, 0.3) is 0 Å². The van der Waals surface area contributed by atoms with Crippen molar-refractivity contribution in [3.63, 3.8) is 0 Å². The minimum atomic E-state index is -3.56. The molecule has 1 fully saturated rings. The minimum Gasteiger partial charge on any atom is -0.350 e. The predicted octanol–water partition coefficient (Wildman–Crippen LogP) is 2.56. The molecule has 2 N–H and O–H groups in total. The number of benzene rings is 2. The van der Waals surface area contributed by atoms with Crippen molar-refractivity contribution >= 4 is 33.4 Å². The second kappa shape index (κ2) is 10.3. The maximum Gasteiger partial charge on any atom is 0.243 e. The summed E-state index contributed by atoms with van der Waals surface area (Å²) in [6.45, 7) is 2.48. The molecule has 0 unspecified atom stereocenters. The van der Waals surface area contributed by atoms with E-state index in [-0.39, 0.29) is 35.7 Å². The molecule has 0 spiro atoms. The van der Waals surface area contributed by atoms with Gasteiger partial charge in [-0.1, -0.05) is 41.9 Å². The molecule has 9 heteroatoms. The lowest BCUT2D eigenvalue weighted by Gasteiger charge is -2.31. The van der Waals surface area contributed by atoms with Crippen molar-refractivity contribution in [1.29, 1.82) is 0 Å². The molecule has 166 valence electrons. The van der Waals surface area contributed by atoms with E-state index in [1.807, 2.05) is 6.07 Å². The van der Waals surface area contributed by atoms with Gasteiger partial charge >= 0.3 is 0 Å². The summed E-state index contributed by atoms with van der Waals surface area (Å²) in [6, 6.07) is 14.8. The van der Waals surface area contributed by atoms with E-state index in [0.29, 0.717) is 24.4 Å². The van der Waals surface area contributed by atoms with Gasteiger partial charge in [0.15, 0.2) is 0 Å². The van der Waals surface area contributed by atoms with Crippen molar-refractivity contribution < 1.29 is 18.0 Å². The lowest BCUT2D eigenvalue weighted by molar-refractivity contribution is -0.131. The highest BCUT2D eigenvalue weighted by Gasteiger charge is 2.32. The molecular weight excluding hydrogens is 438 g/mol. The zero-order valence-electron chi connectivity index (χ0n) is 17.3. The number of nitrogens with one attached hydrogen (secondary N) is 2. The molecule has 2 aromatic carbocycles. The van der Waals surface area contributed by atoms with Crippen molar-refractivity contribution in [2.45, 2.75) is 37.2 Å². The number of sulfonamides is 1. The Morgan fingerprint density at radius 1 is 1.10 bits per heavy atom. The van der Waals surface area contributed by atoms with E-state index in [0.717, 1.165) is 5.56 Å². The van der Waals surface area contributed by atoms with E-state index < -0.39 is 16.1 Å². The Morgan fingerprint density at radius 2 is 1.77 bits per heavy atom. The van der Waals surface area contributed by atoms with Gasteiger partial charge in [-0.05, 0) is 49.6 Å². The summed E-state index contributed by atoms with van der Waals surface area (Å²) < 4.78 is 26.8. The highest BCUT2D eigenvalue weighted by atomic mass is 35.5. The largest absolute Gasteiger partial charge is 0.350 e. The lowest BCUT2D eigenvalue weighted by Crippen LogP contribution is -2.49. The van der Waals surface area contributed by atoms with Crippen LogP contribution in [0.3, 0.4) is 0 Å². The van der Waals surface area contributed by atoms with Gasteiger partial charge in [0, 0.05) is 30.6 Å². The number of hydrogen-bond donors (Lipinski definition) is 2. The van der Waals surface area contributed by atoms with Crippen molar-refractivity contribution in [3.8, 4) is 0 Å². The zero-order chi connectivity index (χ0) is 22.4. The van der Waals surface area contributed by atoms with Crippen molar-refractivity contribution in [2.24, 2.45) is 5.92 Å². The van der Waals surface area contributed by atoms with Gasteiger partial charge < -0.3 is 10.6 Å². The molecule has 1 saturated heterocycles. The topological polar surface area (TPSA) is 95.6 Å². The van der Waals surface area contributed by atoms with Crippen LogP contribution in [0.1, 0.15) is 25.3 Å². The van der Waals surface area contributed by atoms with E-state index in [9.17, 15) is 18.0 Å². The van der Waals surface area contributed by atoms with E-state index in [2.05, 4.69) is 10.6 Å². The quantitative estimate of drug-likeness (QED) is 0.659. The third-order valence-electron chi connectivity index (χ3n) is 5.31. The number of halogens is 1. The summed E-state index contributed by atoms with van der Waals surface area (Å²) in [5.74, 6) is -0.856. The Morgan fingerprint density at radius 3 is 2.42 bits per heavy atom. The molecule has 0 radical (unpaired) electrons. The summed E-state index contributed by atoms with van der Waals surface area (Å²) in [5.41, 5.74) is 0.867. The van der Waals surface area contributed by atoms with Gasteiger partial charge in [0.05, 0.1) is 4.90 Å². The summed E-state index contributed by atoms with van der Waals surface area (Å²) in [6.07, 6.45) is 0.823. The molecule has 1 aliphatic heterocycles.